The van der Waals surface area contributed by atoms with Gasteiger partial charge in [0, 0.05) is 0 Å². The van der Waals surface area contributed by atoms with Crippen LogP contribution in [0.25, 0.3) is 0 Å². The predicted octanol–water partition coefficient (Wildman–Crippen LogP) is 3.23. The molecule has 174 valence electrons. The molecule has 1 unspecified atom stereocenters. The lowest BCUT2D eigenvalue weighted by atomic mass is 10.1. The third kappa shape index (κ3) is 7.68. The summed E-state index contributed by atoms with van der Waals surface area (Å²) < 4.78 is 20.0. The van der Waals surface area contributed by atoms with Crippen LogP contribution in [0.15, 0.2) is 35.3 Å². The van der Waals surface area contributed by atoms with Gasteiger partial charge in [-0.25, -0.2) is 19.2 Å². The Hall–Kier alpha value is -3.43. The molecule has 1 aromatic rings. The molecule has 1 aromatic carbocycles. The molecule has 1 aliphatic heterocycles. The Morgan fingerprint density at radius 1 is 1.19 bits per heavy atom. The van der Waals surface area contributed by atoms with E-state index >= 15 is 0 Å². The van der Waals surface area contributed by atoms with Gasteiger partial charge in [0.05, 0.1) is 7.11 Å². The van der Waals surface area contributed by atoms with Crippen molar-refractivity contribution >= 4 is 29.8 Å². The van der Waals surface area contributed by atoms with Gasteiger partial charge in [-0.2, -0.15) is 4.99 Å². The van der Waals surface area contributed by atoms with Crippen molar-refractivity contribution in [1.29, 1.82) is 0 Å². The largest absolute Gasteiger partial charge is 0.465 e. The first-order valence-corrected chi connectivity index (χ1v) is 10.1. The van der Waals surface area contributed by atoms with Crippen molar-refractivity contribution in [2.75, 3.05) is 13.8 Å². The van der Waals surface area contributed by atoms with Crippen molar-refractivity contribution in [3.05, 3.63) is 35.9 Å². The second-order valence-electron chi connectivity index (χ2n) is 8.04. The first-order chi connectivity index (χ1) is 15.1. The summed E-state index contributed by atoms with van der Waals surface area (Å²) in [5.41, 5.74) is -0.0908. The summed E-state index contributed by atoms with van der Waals surface area (Å²) in [5.74, 6) is -1.34. The number of cyclic esters (lactones) is 1. The van der Waals surface area contributed by atoms with E-state index in [0.29, 0.717) is 0 Å². The van der Waals surface area contributed by atoms with E-state index in [2.05, 4.69) is 9.73 Å². The molecule has 10 heteroatoms. The minimum absolute atomic E-state index is 0.0442. The van der Waals surface area contributed by atoms with Gasteiger partial charge in [0.15, 0.2) is 6.73 Å². The molecular formula is C22H28N2O8. The summed E-state index contributed by atoms with van der Waals surface area (Å²) in [6, 6.07) is 8.27. The SMILES string of the molecule is COC(=O)C(CCCC1C(=O)OCN1C(=O)OCc1ccccc1)=NC(=O)OC(C)(C)C. The van der Waals surface area contributed by atoms with Gasteiger partial charge in [-0.3, -0.25) is 4.90 Å². The minimum Gasteiger partial charge on any atom is -0.465 e. The number of esters is 2. The Bertz CT molecular complexity index is 860. The Balaban J connectivity index is 1.94. The van der Waals surface area contributed by atoms with Crippen molar-refractivity contribution < 1.29 is 38.1 Å². The number of ether oxygens (including phenoxy) is 4. The Morgan fingerprint density at radius 2 is 1.88 bits per heavy atom. The predicted molar refractivity (Wildman–Crippen MR) is 113 cm³/mol. The first-order valence-electron chi connectivity index (χ1n) is 10.1. The van der Waals surface area contributed by atoms with Gasteiger partial charge < -0.3 is 18.9 Å². The Morgan fingerprint density at radius 3 is 2.50 bits per heavy atom. The summed E-state index contributed by atoms with van der Waals surface area (Å²) in [6.07, 6.45) is -1.10. The highest BCUT2D eigenvalue weighted by Crippen LogP contribution is 2.19. The third-order valence-corrected chi connectivity index (χ3v) is 4.37. The van der Waals surface area contributed by atoms with Gasteiger partial charge in [-0.1, -0.05) is 30.3 Å². The van der Waals surface area contributed by atoms with Crippen LogP contribution < -0.4 is 0 Å². The number of aliphatic imine (C=N–C) groups is 1. The molecule has 0 bridgehead atoms. The maximum absolute atomic E-state index is 12.4. The monoisotopic (exact) mass is 448 g/mol. The Labute approximate surface area is 186 Å². The van der Waals surface area contributed by atoms with Gasteiger partial charge in [0.1, 0.15) is 24.0 Å². The van der Waals surface area contributed by atoms with E-state index in [1.165, 1.54) is 12.0 Å². The summed E-state index contributed by atoms with van der Waals surface area (Å²) in [6.45, 7) is 4.87. The number of hydrogen-bond acceptors (Lipinski definition) is 8. The Kier molecular flexibility index (Phi) is 8.74. The van der Waals surface area contributed by atoms with Gasteiger partial charge in [0.2, 0.25) is 0 Å². The van der Waals surface area contributed by atoms with Crippen LogP contribution in [0.4, 0.5) is 9.59 Å². The number of carbonyl (C=O) groups is 4. The fraction of sp³-hybridized carbons (Fsp3) is 0.500. The van der Waals surface area contributed by atoms with Crippen LogP contribution in [0, 0.1) is 0 Å². The summed E-state index contributed by atoms with van der Waals surface area (Å²) >= 11 is 0. The quantitative estimate of drug-likeness (QED) is 0.354. The summed E-state index contributed by atoms with van der Waals surface area (Å²) in [5, 5.41) is 0. The zero-order valence-electron chi connectivity index (χ0n) is 18.7. The van der Waals surface area contributed by atoms with E-state index in [-0.39, 0.29) is 38.3 Å². The maximum Gasteiger partial charge on any atom is 0.434 e. The summed E-state index contributed by atoms with van der Waals surface area (Å²) in [4.78, 5) is 53.3. The molecule has 1 atom stereocenters. The molecular weight excluding hydrogens is 420 g/mol. The van der Waals surface area contributed by atoms with Crippen molar-refractivity contribution in [3.8, 4) is 0 Å². The molecule has 10 nitrogen and oxygen atoms in total. The first kappa shape index (κ1) is 24.8. The second-order valence-corrected chi connectivity index (χ2v) is 8.04. The van der Waals surface area contributed by atoms with E-state index in [4.69, 9.17) is 14.2 Å². The fourth-order valence-corrected chi connectivity index (χ4v) is 2.88. The average molecular weight is 448 g/mol. The van der Waals surface area contributed by atoms with Gasteiger partial charge in [-0.05, 0) is 45.6 Å². The number of carbonyl (C=O) groups excluding carboxylic acids is 4. The van der Waals surface area contributed by atoms with E-state index in [1.807, 2.05) is 30.3 Å². The molecule has 0 radical (unpaired) electrons. The van der Waals surface area contributed by atoms with Gasteiger partial charge >= 0.3 is 24.1 Å². The number of hydrogen-bond donors (Lipinski definition) is 0. The molecule has 0 aliphatic carbocycles. The van der Waals surface area contributed by atoms with Gasteiger partial charge in [0.25, 0.3) is 0 Å². The van der Waals surface area contributed by atoms with Crippen LogP contribution in [0.3, 0.4) is 0 Å². The number of nitrogens with zero attached hydrogens (tertiary/aromatic N) is 2. The molecule has 0 aromatic heterocycles. The van der Waals surface area contributed by atoms with Crippen LogP contribution in [0.5, 0.6) is 0 Å². The highest BCUT2D eigenvalue weighted by molar-refractivity contribution is 6.37. The third-order valence-electron chi connectivity index (χ3n) is 4.37. The van der Waals surface area contributed by atoms with Crippen LogP contribution in [0.2, 0.25) is 0 Å². The highest BCUT2D eigenvalue weighted by Gasteiger charge is 2.38. The number of methoxy groups -OCH3 is 1. The number of amides is 2. The smallest absolute Gasteiger partial charge is 0.434 e. The molecule has 1 aliphatic rings. The molecule has 0 spiro atoms. The van der Waals surface area contributed by atoms with Crippen LogP contribution >= 0.6 is 0 Å². The van der Waals surface area contributed by atoms with Crippen molar-refractivity contribution in [2.24, 2.45) is 4.99 Å². The van der Waals surface area contributed by atoms with E-state index < -0.39 is 35.8 Å². The fourth-order valence-electron chi connectivity index (χ4n) is 2.88. The topological polar surface area (TPSA) is 121 Å². The van der Waals surface area contributed by atoms with Crippen molar-refractivity contribution in [3.63, 3.8) is 0 Å². The van der Waals surface area contributed by atoms with Crippen molar-refractivity contribution in [1.82, 2.24) is 4.90 Å². The molecule has 0 N–H and O–H groups in total. The molecule has 1 saturated heterocycles. The van der Waals surface area contributed by atoms with Crippen LogP contribution in [-0.4, -0.2) is 60.2 Å². The zero-order valence-corrected chi connectivity index (χ0v) is 18.7. The van der Waals surface area contributed by atoms with E-state index in [0.717, 1.165) is 5.56 Å². The van der Waals surface area contributed by atoms with E-state index in [9.17, 15) is 19.2 Å². The molecule has 2 rings (SSSR count). The molecule has 2 amide bonds. The average Bonchev–Trinajstić information content (AvgIpc) is 3.10. The zero-order chi connectivity index (χ0) is 23.7. The van der Waals surface area contributed by atoms with Crippen molar-refractivity contribution in [2.45, 2.75) is 58.3 Å². The van der Waals surface area contributed by atoms with E-state index in [1.54, 1.807) is 20.8 Å². The summed E-state index contributed by atoms with van der Waals surface area (Å²) in [7, 11) is 1.17. The minimum atomic E-state index is -0.913. The highest BCUT2D eigenvalue weighted by atomic mass is 16.6. The van der Waals surface area contributed by atoms with Crippen LogP contribution in [0.1, 0.15) is 45.6 Å². The lowest BCUT2D eigenvalue weighted by Gasteiger charge is -2.20. The number of rotatable bonds is 7. The maximum atomic E-state index is 12.4. The lowest BCUT2D eigenvalue weighted by molar-refractivity contribution is -0.139. The van der Waals surface area contributed by atoms with Gasteiger partial charge in [-0.15, -0.1) is 0 Å². The standard InChI is InChI=1S/C22H28N2O8/c1-22(2,3)32-20(27)23-16(18(25)29-4)11-8-12-17-19(26)31-14-24(17)21(28)30-13-15-9-6-5-7-10-15/h5-7,9-10,17H,8,11-14H2,1-4H3. The lowest BCUT2D eigenvalue weighted by Crippen LogP contribution is -2.38. The molecule has 1 heterocycles. The second kappa shape index (κ2) is 11.3. The molecule has 32 heavy (non-hydrogen) atoms. The van der Waals surface area contributed by atoms with Crippen LogP contribution in [-0.2, 0) is 35.1 Å². The normalized spacial score (nSPS) is 16.4. The number of benzene rings is 1. The molecule has 1 fully saturated rings. The molecule has 0 saturated carbocycles.